The zero-order valence-electron chi connectivity index (χ0n) is 11.7. The molecule has 0 bridgehead atoms. The van der Waals surface area contributed by atoms with Gasteiger partial charge in [0, 0.05) is 6.54 Å². The summed E-state index contributed by atoms with van der Waals surface area (Å²) < 4.78 is 22.5. The van der Waals surface area contributed by atoms with Gasteiger partial charge in [-0.05, 0) is 23.6 Å². The molecule has 1 amide bonds. The van der Waals surface area contributed by atoms with E-state index in [2.05, 4.69) is 5.32 Å². The number of carbonyl (C=O) groups excluding carboxylic acids is 1. The van der Waals surface area contributed by atoms with Gasteiger partial charge in [-0.1, -0.05) is 32.4 Å². The lowest BCUT2D eigenvalue weighted by Crippen LogP contribution is -2.44. The normalized spacial score (nSPS) is 14.6. The lowest BCUT2D eigenvalue weighted by atomic mass is 9.99. The highest BCUT2D eigenvalue weighted by atomic mass is 32.2. The van der Waals surface area contributed by atoms with Crippen LogP contribution in [0.15, 0.2) is 29.2 Å². The third kappa shape index (κ3) is 4.59. The van der Waals surface area contributed by atoms with Gasteiger partial charge in [0.1, 0.15) is 0 Å². The van der Waals surface area contributed by atoms with Gasteiger partial charge in [0.05, 0.1) is 10.9 Å². The zero-order chi connectivity index (χ0) is 15.3. The highest BCUT2D eigenvalue weighted by molar-refractivity contribution is 7.89. The predicted molar refractivity (Wildman–Crippen MR) is 77.1 cm³/mol. The zero-order valence-corrected chi connectivity index (χ0v) is 12.5. The molecule has 2 atom stereocenters. The average Bonchev–Trinajstić information content (AvgIpc) is 2.42. The third-order valence-electron chi connectivity index (χ3n) is 3.25. The molecule has 1 rings (SSSR count). The number of sulfonamides is 1. The summed E-state index contributed by atoms with van der Waals surface area (Å²) in [6, 6.07) is 5.57. The highest BCUT2D eigenvalue weighted by Crippen LogP contribution is 2.10. The molecule has 2 unspecified atom stereocenters. The van der Waals surface area contributed by atoms with Crippen molar-refractivity contribution in [2.45, 2.75) is 37.8 Å². The van der Waals surface area contributed by atoms with E-state index >= 15 is 0 Å². The predicted octanol–water partition coefficient (Wildman–Crippen LogP) is 0.324. The second-order valence-electron chi connectivity index (χ2n) is 4.82. The molecule has 0 aliphatic carbocycles. The lowest BCUT2D eigenvalue weighted by molar-refractivity contribution is -0.123. The maximum Gasteiger partial charge on any atom is 0.238 e. The molecule has 112 valence electrons. The van der Waals surface area contributed by atoms with Crippen molar-refractivity contribution in [1.82, 2.24) is 5.32 Å². The number of hydrogen-bond acceptors (Lipinski definition) is 4. The molecule has 0 radical (unpaired) electrons. The van der Waals surface area contributed by atoms with Gasteiger partial charge in [0.25, 0.3) is 0 Å². The lowest BCUT2D eigenvalue weighted by Gasteiger charge is -2.17. The van der Waals surface area contributed by atoms with Crippen molar-refractivity contribution in [3.8, 4) is 0 Å². The summed E-state index contributed by atoms with van der Waals surface area (Å²) in [5, 5.41) is 7.75. The second kappa shape index (κ2) is 6.83. The molecular weight excluding hydrogens is 278 g/mol. The van der Waals surface area contributed by atoms with Gasteiger partial charge in [0.2, 0.25) is 15.9 Å². The third-order valence-corrected chi connectivity index (χ3v) is 4.16. The summed E-state index contributed by atoms with van der Waals surface area (Å²) in [6.45, 7) is 4.09. The van der Waals surface area contributed by atoms with E-state index in [0.717, 1.165) is 6.42 Å². The molecular formula is C13H21N3O3S. The molecule has 0 heterocycles. The molecule has 1 aromatic rings. The summed E-state index contributed by atoms with van der Waals surface area (Å²) in [5.74, 6) is -0.161. The summed E-state index contributed by atoms with van der Waals surface area (Å²) in [4.78, 5) is 11.8. The molecule has 6 nitrogen and oxygen atoms in total. The second-order valence-corrected chi connectivity index (χ2v) is 6.38. The highest BCUT2D eigenvalue weighted by Gasteiger charge is 2.19. The SMILES string of the molecule is CCC(C)C(N)C(=O)NCc1cccc(S(N)(=O)=O)c1. The van der Waals surface area contributed by atoms with Crippen LogP contribution in [0.5, 0.6) is 0 Å². The smallest absolute Gasteiger partial charge is 0.238 e. The van der Waals surface area contributed by atoms with Crippen LogP contribution in [0.1, 0.15) is 25.8 Å². The van der Waals surface area contributed by atoms with E-state index in [1.54, 1.807) is 12.1 Å². The van der Waals surface area contributed by atoms with Crippen molar-refractivity contribution in [3.63, 3.8) is 0 Å². The van der Waals surface area contributed by atoms with Crippen LogP contribution >= 0.6 is 0 Å². The van der Waals surface area contributed by atoms with Gasteiger partial charge in [0.15, 0.2) is 0 Å². The Hall–Kier alpha value is -1.44. The van der Waals surface area contributed by atoms with Crippen LogP contribution < -0.4 is 16.2 Å². The Balaban J connectivity index is 2.69. The first-order valence-corrected chi connectivity index (χ1v) is 7.95. The molecule has 0 fully saturated rings. The van der Waals surface area contributed by atoms with Crippen molar-refractivity contribution in [2.24, 2.45) is 16.8 Å². The minimum atomic E-state index is -3.74. The minimum Gasteiger partial charge on any atom is -0.351 e. The molecule has 0 aromatic heterocycles. The summed E-state index contributed by atoms with van der Waals surface area (Å²) >= 11 is 0. The standard InChI is InChI=1S/C13H21N3O3S/c1-3-9(2)12(14)13(17)16-8-10-5-4-6-11(7-10)20(15,18)19/h4-7,9,12H,3,8,14H2,1-2H3,(H,16,17)(H2,15,18,19). The molecule has 7 heteroatoms. The van der Waals surface area contributed by atoms with Gasteiger partial charge < -0.3 is 11.1 Å². The van der Waals surface area contributed by atoms with Crippen LogP contribution in [0.25, 0.3) is 0 Å². The molecule has 20 heavy (non-hydrogen) atoms. The van der Waals surface area contributed by atoms with Crippen molar-refractivity contribution < 1.29 is 13.2 Å². The van der Waals surface area contributed by atoms with Crippen LogP contribution in [0.2, 0.25) is 0 Å². The largest absolute Gasteiger partial charge is 0.351 e. The first kappa shape index (κ1) is 16.6. The fourth-order valence-corrected chi connectivity index (χ4v) is 2.24. The molecule has 1 aromatic carbocycles. The average molecular weight is 299 g/mol. The molecule has 5 N–H and O–H groups in total. The summed E-state index contributed by atoms with van der Waals surface area (Å²) in [7, 11) is -3.74. The Morgan fingerprint density at radius 1 is 1.40 bits per heavy atom. The van der Waals surface area contributed by atoms with Crippen molar-refractivity contribution >= 4 is 15.9 Å². The van der Waals surface area contributed by atoms with Crippen LogP contribution in [0.4, 0.5) is 0 Å². The van der Waals surface area contributed by atoms with Gasteiger partial charge in [-0.3, -0.25) is 4.79 Å². The van der Waals surface area contributed by atoms with E-state index in [1.807, 2.05) is 13.8 Å². The first-order valence-electron chi connectivity index (χ1n) is 6.40. The molecule has 0 saturated carbocycles. The van der Waals surface area contributed by atoms with E-state index in [0.29, 0.717) is 5.56 Å². The van der Waals surface area contributed by atoms with E-state index in [9.17, 15) is 13.2 Å². The Bertz CT molecular complexity index is 572. The number of rotatable bonds is 6. The van der Waals surface area contributed by atoms with E-state index in [4.69, 9.17) is 10.9 Å². The minimum absolute atomic E-state index is 0.0236. The molecule has 0 aliphatic rings. The van der Waals surface area contributed by atoms with E-state index in [1.165, 1.54) is 12.1 Å². The number of hydrogen-bond donors (Lipinski definition) is 3. The fourth-order valence-electron chi connectivity index (χ4n) is 1.65. The van der Waals surface area contributed by atoms with Gasteiger partial charge in [-0.25, -0.2) is 13.6 Å². The quantitative estimate of drug-likeness (QED) is 0.701. The Labute approximate surface area is 119 Å². The first-order chi connectivity index (χ1) is 9.25. The van der Waals surface area contributed by atoms with Crippen LogP contribution in [-0.2, 0) is 21.4 Å². The number of amides is 1. The van der Waals surface area contributed by atoms with Gasteiger partial charge in [-0.2, -0.15) is 0 Å². The van der Waals surface area contributed by atoms with E-state index in [-0.39, 0.29) is 23.3 Å². The topological polar surface area (TPSA) is 115 Å². The van der Waals surface area contributed by atoms with Crippen molar-refractivity contribution in [2.75, 3.05) is 0 Å². The van der Waals surface area contributed by atoms with Crippen LogP contribution in [0, 0.1) is 5.92 Å². The Kier molecular flexibility index (Phi) is 5.67. The monoisotopic (exact) mass is 299 g/mol. The van der Waals surface area contributed by atoms with Crippen molar-refractivity contribution in [1.29, 1.82) is 0 Å². The maximum absolute atomic E-state index is 11.8. The maximum atomic E-state index is 11.8. The van der Waals surface area contributed by atoms with Crippen LogP contribution in [0.3, 0.4) is 0 Å². The van der Waals surface area contributed by atoms with Crippen molar-refractivity contribution in [3.05, 3.63) is 29.8 Å². The fraction of sp³-hybridized carbons (Fsp3) is 0.462. The summed E-state index contributed by atoms with van der Waals surface area (Å²) in [6.07, 6.45) is 0.815. The molecule has 0 saturated heterocycles. The van der Waals surface area contributed by atoms with E-state index < -0.39 is 16.1 Å². The Morgan fingerprint density at radius 2 is 2.05 bits per heavy atom. The number of nitrogens with two attached hydrogens (primary N) is 2. The number of primary sulfonamides is 1. The molecule has 0 aliphatic heterocycles. The Morgan fingerprint density at radius 3 is 2.60 bits per heavy atom. The van der Waals surface area contributed by atoms with Gasteiger partial charge in [-0.15, -0.1) is 0 Å². The van der Waals surface area contributed by atoms with Gasteiger partial charge >= 0.3 is 0 Å². The summed E-state index contributed by atoms with van der Waals surface area (Å²) in [5.41, 5.74) is 6.46. The molecule has 0 spiro atoms. The number of carbonyl (C=O) groups is 1. The number of nitrogens with one attached hydrogen (secondary N) is 1. The van der Waals surface area contributed by atoms with Crippen LogP contribution in [-0.4, -0.2) is 20.4 Å². The number of benzene rings is 1.